The number of nitrogens with one attached hydrogen (secondary N) is 1. The van der Waals surface area contributed by atoms with Crippen LogP contribution in [0.3, 0.4) is 0 Å². The second-order valence-corrected chi connectivity index (χ2v) is 3.47. The second kappa shape index (κ2) is 5.61. The van der Waals surface area contributed by atoms with Gasteiger partial charge >= 0.3 is 0 Å². The maximum atomic E-state index is 13.2. The molecule has 0 fully saturated rings. The first-order valence-electron chi connectivity index (χ1n) is 4.57. The number of benzene rings is 1. The van der Waals surface area contributed by atoms with E-state index in [0.717, 1.165) is 12.1 Å². The van der Waals surface area contributed by atoms with E-state index in [-0.39, 0.29) is 23.0 Å². The Labute approximate surface area is 96.9 Å². The molecular weight excluding hydrogens is 236 g/mol. The molecule has 5 heteroatoms. The lowest BCUT2D eigenvalue weighted by atomic mass is 10.2. The highest BCUT2D eigenvalue weighted by atomic mass is 35.5. The van der Waals surface area contributed by atoms with E-state index < -0.39 is 11.6 Å². The molecule has 1 aromatic carbocycles. The summed E-state index contributed by atoms with van der Waals surface area (Å²) in [5.74, 6) is -1.48. The van der Waals surface area contributed by atoms with Crippen molar-refractivity contribution >= 4 is 23.6 Å². The Morgan fingerprint density at radius 2 is 2.06 bits per heavy atom. The van der Waals surface area contributed by atoms with E-state index in [1.165, 1.54) is 19.1 Å². The number of carbonyl (C=O) groups excluding carboxylic acids is 1. The number of carbonyl (C=O) groups is 1. The monoisotopic (exact) mass is 245 g/mol. The van der Waals surface area contributed by atoms with Crippen LogP contribution in [-0.2, 0) is 4.79 Å². The van der Waals surface area contributed by atoms with Gasteiger partial charge in [-0.1, -0.05) is 23.8 Å². The van der Waals surface area contributed by atoms with E-state index in [0.29, 0.717) is 0 Å². The first kappa shape index (κ1) is 12.6. The number of hydrogen-bond acceptors (Lipinski definition) is 1. The fraction of sp³-hybridized carbons (Fsp3) is 0.182. The van der Waals surface area contributed by atoms with Crippen molar-refractivity contribution < 1.29 is 13.6 Å². The first-order valence-corrected chi connectivity index (χ1v) is 4.94. The molecule has 0 saturated heterocycles. The molecule has 16 heavy (non-hydrogen) atoms. The van der Waals surface area contributed by atoms with Gasteiger partial charge in [-0.25, -0.2) is 8.78 Å². The maximum absolute atomic E-state index is 13.2. The van der Waals surface area contributed by atoms with Crippen molar-refractivity contribution in [3.8, 4) is 0 Å². The Morgan fingerprint density at radius 1 is 1.44 bits per heavy atom. The summed E-state index contributed by atoms with van der Waals surface area (Å²) >= 11 is 5.59. The molecule has 0 aromatic heterocycles. The number of rotatable bonds is 3. The first-order chi connectivity index (χ1) is 7.52. The van der Waals surface area contributed by atoms with Crippen LogP contribution >= 0.6 is 11.6 Å². The van der Waals surface area contributed by atoms with Crippen LogP contribution in [0.2, 0.25) is 5.02 Å². The van der Waals surface area contributed by atoms with Crippen LogP contribution in [0.1, 0.15) is 12.5 Å². The third kappa shape index (κ3) is 3.31. The molecule has 2 nitrogen and oxygen atoms in total. The average molecular weight is 246 g/mol. The van der Waals surface area contributed by atoms with Crippen LogP contribution < -0.4 is 5.32 Å². The van der Waals surface area contributed by atoms with Crippen LogP contribution in [-0.4, -0.2) is 12.5 Å². The van der Waals surface area contributed by atoms with Gasteiger partial charge in [-0.2, -0.15) is 0 Å². The minimum Gasteiger partial charge on any atom is -0.353 e. The Kier molecular flexibility index (Phi) is 4.43. The average Bonchev–Trinajstić information content (AvgIpc) is 2.22. The maximum Gasteiger partial charge on any atom is 0.217 e. The van der Waals surface area contributed by atoms with Gasteiger partial charge in [-0.15, -0.1) is 0 Å². The van der Waals surface area contributed by atoms with E-state index >= 15 is 0 Å². The fourth-order valence-corrected chi connectivity index (χ4v) is 1.29. The Morgan fingerprint density at radius 3 is 2.69 bits per heavy atom. The summed E-state index contributed by atoms with van der Waals surface area (Å²) in [4.78, 5) is 10.5. The molecule has 0 aliphatic heterocycles. The van der Waals surface area contributed by atoms with Gasteiger partial charge in [0.15, 0.2) is 0 Å². The van der Waals surface area contributed by atoms with Crippen molar-refractivity contribution in [2.24, 2.45) is 0 Å². The largest absolute Gasteiger partial charge is 0.353 e. The molecule has 1 rings (SSSR count). The lowest BCUT2D eigenvalue weighted by molar-refractivity contribution is -0.118. The molecule has 0 saturated carbocycles. The Hall–Kier alpha value is -1.42. The molecule has 0 aliphatic carbocycles. The van der Waals surface area contributed by atoms with Crippen LogP contribution in [0.5, 0.6) is 0 Å². The van der Waals surface area contributed by atoms with Gasteiger partial charge in [-0.3, -0.25) is 4.79 Å². The summed E-state index contributed by atoms with van der Waals surface area (Å²) in [6.45, 7) is 1.60. The third-order valence-corrected chi connectivity index (χ3v) is 2.22. The molecule has 0 aliphatic rings. The predicted octanol–water partition coefficient (Wildman–Crippen LogP) is 2.77. The summed E-state index contributed by atoms with van der Waals surface area (Å²) < 4.78 is 26.2. The lowest BCUT2D eigenvalue weighted by Gasteiger charge is -2.01. The van der Waals surface area contributed by atoms with Crippen LogP contribution in [0.4, 0.5) is 8.78 Å². The van der Waals surface area contributed by atoms with Crippen molar-refractivity contribution in [1.29, 1.82) is 0 Å². The van der Waals surface area contributed by atoms with Gasteiger partial charge in [0.2, 0.25) is 5.91 Å². The van der Waals surface area contributed by atoms with E-state index in [1.807, 2.05) is 0 Å². The van der Waals surface area contributed by atoms with Crippen molar-refractivity contribution in [2.45, 2.75) is 6.92 Å². The highest BCUT2D eigenvalue weighted by Crippen LogP contribution is 2.23. The molecule has 0 spiro atoms. The topological polar surface area (TPSA) is 29.1 Å². The number of amides is 1. The molecule has 1 N–H and O–H groups in total. The van der Waals surface area contributed by atoms with Gasteiger partial charge in [0.05, 0.1) is 5.02 Å². The fourth-order valence-electron chi connectivity index (χ4n) is 1.07. The zero-order chi connectivity index (χ0) is 12.1. The van der Waals surface area contributed by atoms with Crippen molar-refractivity contribution in [3.63, 3.8) is 0 Å². The molecule has 0 unspecified atom stereocenters. The zero-order valence-electron chi connectivity index (χ0n) is 8.56. The van der Waals surface area contributed by atoms with Crippen LogP contribution in [0, 0.1) is 11.6 Å². The van der Waals surface area contributed by atoms with Gasteiger partial charge in [0.1, 0.15) is 11.6 Å². The van der Waals surface area contributed by atoms with E-state index in [4.69, 9.17) is 11.6 Å². The smallest absolute Gasteiger partial charge is 0.217 e. The SMILES string of the molecule is CC(=O)NCC=Cc1c(F)ccc(F)c1Cl. The van der Waals surface area contributed by atoms with E-state index in [2.05, 4.69) is 5.32 Å². The van der Waals surface area contributed by atoms with Crippen molar-refractivity contribution in [1.82, 2.24) is 5.32 Å². The summed E-state index contributed by atoms with van der Waals surface area (Å²) in [6.07, 6.45) is 2.82. The van der Waals surface area contributed by atoms with Crippen LogP contribution in [0.25, 0.3) is 6.08 Å². The van der Waals surface area contributed by atoms with Crippen molar-refractivity contribution in [2.75, 3.05) is 6.54 Å². The number of halogens is 3. The Bertz CT molecular complexity index is 432. The second-order valence-electron chi connectivity index (χ2n) is 3.10. The highest BCUT2D eigenvalue weighted by Gasteiger charge is 2.08. The molecular formula is C11H10ClF2NO. The highest BCUT2D eigenvalue weighted by molar-refractivity contribution is 6.32. The summed E-state index contributed by atoms with van der Waals surface area (Å²) in [5, 5.41) is 2.22. The predicted molar refractivity (Wildman–Crippen MR) is 59.1 cm³/mol. The molecule has 0 bridgehead atoms. The van der Waals surface area contributed by atoms with Gasteiger partial charge < -0.3 is 5.32 Å². The van der Waals surface area contributed by atoms with Crippen LogP contribution in [0.15, 0.2) is 18.2 Å². The molecule has 86 valence electrons. The summed E-state index contributed by atoms with van der Waals surface area (Å²) in [5.41, 5.74) is -0.0213. The van der Waals surface area contributed by atoms with E-state index in [9.17, 15) is 13.6 Å². The molecule has 0 atom stereocenters. The molecule has 0 heterocycles. The summed E-state index contributed by atoms with van der Waals surface area (Å²) in [7, 11) is 0. The minimum absolute atomic E-state index is 0.0213. The quantitative estimate of drug-likeness (QED) is 0.816. The molecule has 1 aromatic rings. The Balaban J connectivity index is 2.80. The molecule has 0 radical (unpaired) electrons. The third-order valence-electron chi connectivity index (χ3n) is 1.83. The van der Waals surface area contributed by atoms with Gasteiger partial charge in [-0.05, 0) is 12.1 Å². The lowest BCUT2D eigenvalue weighted by Crippen LogP contribution is -2.19. The van der Waals surface area contributed by atoms with Crippen molar-refractivity contribution in [3.05, 3.63) is 40.4 Å². The zero-order valence-corrected chi connectivity index (χ0v) is 9.31. The van der Waals surface area contributed by atoms with Gasteiger partial charge in [0.25, 0.3) is 0 Å². The summed E-state index contributed by atoms with van der Waals surface area (Å²) in [6, 6.07) is 1.96. The standard InChI is InChI=1S/C11H10ClF2NO/c1-7(16)15-6-2-3-8-9(13)4-5-10(14)11(8)12/h2-5H,6H2,1H3,(H,15,16). The van der Waals surface area contributed by atoms with E-state index in [1.54, 1.807) is 0 Å². The van der Waals surface area contributed by atoms with Gasteiger partial charge in [0, 0.05) is 19.0 Å². The normalized spacial score (nSPS) is 10.8. The number of hydrogen-bond donors (Lipinski definition) is 1. The molecule has 1 amide bonds. The minimum atomic E-state index is -0.678.